The molecular formula is C20H26ClNO. The number of halogens is 1. The van der Waals surface area contributed by atoms with Crippen LogP contribution in [0.25, 0.3) is 0 Å². The number of hydrogen-bond donors (Lipinski definition) is 1. The first kappa shape index (κ1) is 17.8. The minimum atomic E-state index is 0.570. The molecule has 0 fully saturated rings. The Morgan fingerprint density at radius 2 is 1.83 bits per heavy atom. The molecular weight excluding hydrogens is 306 g/mol. The second-order valence-corrected chi connectivity index (χ2v) is 6.82. The maximum absolute atomic E-state index is 6.13. The molecule has 2 nitrogen and oxygen atoms in total. The molecule has 2 aromatic carbocycles. The van der Waals surface area contributed by atoms with Gasteiger partial charge < -0.3 is 10.1 Å². The van der Waals surface area contributed by atoms with E-state index in [1.165, 1.54) is 17.5 Å². The normalized spacial score (nSPS) is 11.0. The fourth-order valence-electron chi connectivity index (χ4n) is 2.29. The molecule has 0 aliphatic carbocycles. The first-order chi connectivity index (χ1) is 11.0. The van der Waals surface area contributed by atoms with Crippen molar-refractivity contribution in [3.63, 3.8) is 0 Å². The maximum atomic E-state index is 6.13. The van der Waals surface area contributed by atoms with Gasteiger partial charge >= 0.3 is 0 Å². The lowest BCUT2D eigenvalue weighted by Gasteiger charge is -2.13. The minimum absolute atomic E-state index is 0.570. The van der Waals surface area contributed by atoms with E-state index in [0.29, 0.717) is 12.5 Å². The molecule has 0 radical (unpaired) electrons. The van der Waals surface area contributed by atoms with Crippen molar-refractivity contribution < 1.29 is 4.74 Å². The van der Waals surface area contributed by atoms with Gasteiger partial charge in [0.25, 0.3) is 0 Å². The molecule has 0 spiro atoms. The summed E-state index contributed by atoms with van der Waals surface area (Å²) in [7, 11) is 0. The van der Waals surface area contributed by atoms with E-state index in [1.54, 1.807) is 0 Å². The van der Waals surface area contributed by atoms with Crippen LogP contribution in [0.3, 0.4) is 0 Å². The summed E-state index contributed by atoms with van der Waals surface area (Å²) in [4.78, 5) is 0. The molecule has 3 heteroatoms. The zero-order chi connectivity index (χ0) is 16.7. The van der Waals surface area contributed by atoms with Crippen molar-refractivity contribution in [1.82, 2.24) is 5.32 Å². The van der Waals surface area contributed by atoms with Gasteiger partial charge in [-0.05, 0) is 49.6 Å². The predicted octanol–water partition coefficient (Wildman–Crippen LogP) is 5.36. The minimum Gasteiger partial charge on any atom is -0.489 e. The molecule has 0 unspecified atom stereocenters. The van der Waals surface area contributed by atoms with Crippen molar-refractivity contribution in [3.05, 3.63) is 64.2 Å². The van der Waals surface area contributed by atoms with E-state index >= 15 is 0 Å². The lowest BCUT2D eigenvalue weighted by Crippen LogP contribution is -2.17. The van der Waals surface area contributed by atoms with E-state index < -0.39 is 0 Å². The average molecular weight is 332 g/mol. The van der Waals surface area contributed by atoms with Gasteiger partial charge in [-0.2, -0.15) is 0 Å². The summed E-state index contributed by atoms with van der Waals surface area (Å²) >= 11 is 6.13. The van der Waals surface area contributed by atoms with E-state index in [0.717, 1.165) is 29.4 Å². The van der Waals surface area contributed by atoms with Gasteiger partial charge in [-0.15, -0.1) is 0 Å². The van der Waals surface area contributed by atoms with Crippen LogP contribution >= 0.6 is 11.6 Å². The predicted molar refractivity (Wildman–Crippen MR) is 98.1 cm³/mol. The molecule has 0 aliphatic heterocycles. The first-order valence-corrected chi connectivity index (χ1v) is 8.60. The van der Waals surface area contributed by atoms with E-state index in [-0.39, 0.29) is 0 Å². The highest BCUT2D eigenvalue weighted by molar-refractivity contribution is 6.30. The summed E-state index contributed by atoms with van der Waals surface area (Å²) in [6.45, 7) is 8.90. The Labute approximate surface area is 144 Å². The van der Waals surface area contributed by atoms with Gasteiger partial charge in [-0.3, -0.25) is 0 Å². The SMILES string of the molecule is Cc1ccc(COc2ccc(Cl)cc2CNCCC(C)C)cc1. The van der Waals surface area contributed by atoms with Gasteiger partial charge in [-0.25, -0.2) is 0 Å². The third-order valence-corrected chi connectivity index (χ3v) is 3.99. The monoisotopic (exact) mass is 331 g/mol. The van der Waals surface area contributed by atoms with Gasteiger partial charge in [0.15, 0.2) is 0 Å². The van der Waals surface area contributed by atoms with E-state index in [2.05, 4.69) is 50.4 Å². The van der Waals surface area contributed by atoms with Crippen LogP contribution in [0.2, 0.25) is 5.02 Å². The number of ether oxygens (including phenoxy) is 1. The quantitative estimate of drug-likeness (QED) is 0.657. The third kappa shape index (κ3) is 6.25. The average Bonchev–Trinajstić information content (AvgIpc) is 2.52. The summed E-state index contributed by atoms with van der Waals surface area (Å²) in [5.74, 6) is 1.60. The van der Waals surface area contributed by atoms with Crippen LogP contribution in [0.1, 0.15) is 37.0 Å². The van der Waals surface area contributed by atoms with Gasteiger partial charge in [0.05, 0.1) is 0 Å². The van der Waals surface area contributed by atoms with Crippen molar-refractivity contribution in [2.45, 2.75) is 40.3 Å². The second kappa shape index (κ2) is 8.95. The highest BCUT2D eigenvalue weighted by Gasteiger charge is 2.06. The Hall–Kier alpha value is -1.51. The highest BCUT2D eigenvalue weighted by atomic mass is 35.5. The molecule has 23 heavy (non-hydrogen) atoms. The lowest BCUT2D eigenvalue weighted by atomic mass is 10.1. The Balaban J connectivity index is 1.95. The molecule has 124 valence electrons. The van der Waals surface area contributed by atoms with Crippen LogP contribution in [0.4, 0.5) is 0 Å². The summed E-state index contributed by atoms with van der Waals surface area (Å²) in [5.41, 5.74) is 3.54. The topological polar surface area (TPSA) is 21.3 Å². The molecule has 2 aromatic rings. The Kier molecular flexibility index (Phi) is 6.94. The van der Waals surface area contributed by atoms with Crippen LogP contribution in [-0.4, -0.2) is 6.54 Å². The number of nitrogens with one attached hydrogen (secondary N) is 1. The highest BCUT2D eigenvalue weighted by Crippen LogP contribution is 2.24. The molecule has 0 heterocycles. The van der Waals surface area contributed by atoms with Gasteiger partial charge in [0.2, 0.25) is 0 Å². The molecule has 0 saturated heterocycles. The Morgan fingerprint density at radius 1 is 1.09 bits per heavy atom. The Morgan fingerprint density at radius 3 is 2.52 bits per heavy atom. The van der Waals surface area contributed by atoms with Crippen LogP contribution in [0.15, 0.2) is 42.5 Å². The van der Waals surface area contributed by atoms with Crippen LogP contribution in [-0.2, 0) is 13.2 Å². The Bertz CT molecular complexity index is 608. The van der Waals surface area contributed by atoms with Crippen molar-refractivity contribution in [2.75, 3.05) is 6.54 Å². The van der Waals surface area contributed by atoms with E-state index in [4.69, 9.17) is 16.3 Å². The van der Waals surface area contributed by atoms with Gasteiger partial charge in [-0.1, -0.05) is 55.3 Å². The van der Waals surface area contributed by atoms with Crippen LogP contribution in [0.5, 0.6) is 5.75 Å². The summed E-state index contributed by atoms with van der Waals surface area (Å²) in [6, 6.07) is 14.2. The molecule has 0 atom stereocenters. The van der Waals surface area contributed by atoms with Crippen LogP contribution < -0.4 is 10.1 Å². The number of rotatable bonds is 8. The molecule has 0 amide bonds. The summed E-state index contributed by atoms with van der Waals surface area (Å²) in [6.07, 6.45) is 1.17. The fraction of sp³-hybridized carbons (Fsp3) is 0.400. The molecule has 1 N–H and O–H groups in total. The smallest absolute Gasteiger partial charge is 0.124 e. The lowest BCUT2D eigenvalue weighted by molar-refractivity contribution is 0.302. The largest absolute Gasteiger partial charge is 0.489 e. The van der Waals surface area contributed by atoms with Gasteiger partial charge in [0.1, 0.15) is 12.4 Å². The molecule has 0 saturated carbocycles. The summed E-state index contributed by atoms with van der Waals surface area (Å²) < 4.78 is 6.00. The number of hydrogen-bond acceptors (Lipinski definition) is 2. The van der Waals surface area contributed by atoms with Crippen molar-refractivity contribution >= 4 is 11.6 Å². The zero-order valence-corrected chi connectivity index (χ0v) is 15.0. The van der Waals surface area contributed by atoms with Crippen molar-refractivity contribution in [2.24, 2.45) is 5.92 Å². The molecule has 0 aliphatic rings. The van der Waals surface area contributed by atoms with Gasteiger partial charge in [0, 0.05) is 17.1 Å². The van der Waals surface area contributed by atoms with Crippen LogP contribution in [0, 0.1) is 12.8 Å². The van der Waals surface area contributed by atoms with Crippen molar-refractivity contribution in [3.8, 4) is 5.75 Å². The van der Waals surface area contributed by atoms with E-state index in [9.17, 15) is 0 Å². The van der Waals surface area contributed by atoms with Crippen molar-refractivity contribution in [1.29, 1.82) is 0 Å². The summed E-state index contributed by atoms with van der Waals surface area (Å²) in [5, 5.41) is 4.21. The third-order valence-electron chi connectivity index (χ3n) is 3.75. The number of aryl methyl sites for hydroxylation is 1. The molecule has 0 aromatic heterocycles. The second-order valence-electron chi connectivity index (χ2n) is 6.39. The first-order valence-electron chi connectivity index (χ1n) is 8.22. The zero-order valence-electron chi connectivity index (χ0n) is 14.2. The van der Waals surface area contributed by atoms with E-state index in [1.807, 2.05) is 18.2 Å². The number of benzene rings is 2. The maximum Gasteiger partial charge on any atom is 0.124 e. The standard InChI is InChI=1S/C20H26ClNO/c1-15(2)10-11-22-13-18-12-19(21)8-9-20(18)23-14-17-6-4-16(3)5-7-17/h4-9,12,15,22H,10-11,13-14H2,1-3H3. The fourth-order valence-corrected chi connectivity index (χ4v) is 2.48. The molecule has 2 rings (SSSR count). The molecule has 0 bridgehead atoms.